The molecule has 2 nitrogen and oxygen atoms in total. The van der Waals surface area contributed by atoms with Crippen molar-refractivity contribution in [2.75, 3.05) is 12.4 Å². The van der Waals surface area contributed by atoms with E-state index in [1.807, 2.05) is 6.92 Å². The molecule has 1 aromatic carbocycles. The summed E-state index contributed by atoms with van der Waals surface area (Å²) in [4.78, 5) is 11.6. The number of carbonyl (C=O) groups excluding carboxylic acids is 1. The van der Waals surface area contributed by atoms with E-state index in [0.29, 0.717) is 23.0 Å². The lowest BCUT2D eigenvalue weighted by molar-refractivity contribution is 0.0953. The van der Waals surface area contributed by atoms with Crippen molar-refractivity contribution in [2.45, 2.75) is 13.3 Å². The summed E-state index contributed by atoms with van der Waals surface area (Å²) in [7, 11) is 0. The van der Waals surface area contributed by atoms with E-state index in [2.05, 4.69) is 5.32 Å². The van der Waals surface area contributed by atoms with Crippen LogP contribution >= 0.6 is 23.2 Å². The molecular weight excluding hydrogens is 233 g/mol. The maximum atomic E-state index is 11.6. The van der Waals surface area contributed by atoms with E-state index in [1.54, 1.807) is 18.2 Å². The van der Waals surface area contributed by atoms with Gasteiger partial charge in [0.25, 0.3) is 5.91 Å². The van der Waals surface area contributed by atoms with Crippen LogP contribution in [0.2, 0.25) is 5.02 Å². The van der Waals surface area contributed by atoms with Gasteiger partial charge in [0, 0.05) is 23.0 Å². The maximum Gasteiger partial charge on any atom is 0.251 e. The molecule has 0 atom stereocenters. The minimum atomic E-state index is -0.0834. The molecule has 0 saturated heterocycles. The molecule has 4 heteroatoms. The number of rotatable bonds is 4. The van der Waals surface area contributed by atoms with E-state index in [-0.39, 0.29) is 5.91 Å². The molecule has 0 unspecified atom stereocenters. The van der Waals surface area contributed by atoms with Gasteiger partial charge in [-0.25, -0.2) is 0 Å². The van der Waals surface area contributed by atoms with Gasteiger partial charge in [-0.3, -0.25) is 4.79 Å². The van der Waals surface area contributed by atoms with Gasteiger partial charge in [-0.15, -0.1) is 11.6 Å². The Morgan fingerprint density at radius 2 is 2.20 bits per heavy atom. The van der Waals surface area contributed by atoms with E-state index in [0.717, 1.165) is 12.0 Å². The predicted molar refractivity (Wildman–Crippen MR) is 63.9 cm³/mol. The summed E-state index contributed by atoms with van der Waals surface area (Å²) < 4.78 is 0. The van der Waals surface area contributed by atoms with Gasteiger partial charge >= 0.3 is 0 Å². The van der Waals surface area contributed by atoms with Crippen LogP contribution in [0.3, 0.4) is 0 Å². The van der Waals surface area contributed by atoms with Crippen LogP contribution in [0.15, 0.2) is 18.2 Å². The van der Waals surface area contributed by atoms with E-state index in [1.165, 1.54) is 0 Å². The molecule has 0 aliphatic heterocycles. The number of amides is 1. The SMILES string of the molecule is Cc1cc(C(=O)NCCCCl)ccc1Cl. The Kier molecular flexibility index (Phi) is 4.92. The molecule has 1 rings (SSSR count). The van der Waals surface area contributed by atoms with Gasteiger partial charge in [-0.1, -0.05) is 11.6 Å². The number of benzene rings is 1. The molecule has 15 heavy (non-hydrogen) atoms. The second-order valence-corrected chi connectivity index (χ2v) is 4.05. The minimum Gasteiger partial charge on any atom is -0.352 e. The second-order valence-electron chi connectivity index (χ2n) is 3.26. The Morgan fingerprint density at radius 3 is 2.80 bits per heavy atom. The minimum absolute atomic E-state index is 0.0834. The molecule has 0 aliphatic carbocycles. The van der Waals surface area contributed by atoms with Crippen LogP contribution in [-0.4, -0.2) is 18.3 Å². The first-order chi connectivity index (χ1) is 7.15. The van der Waals surface area contributed by atoms with Crippen molar-refractivity contribution in [1.29, 1.82) is 0 Å². The predicted octanol–water partition coefficient (Wildman–Crippen LogP) is 3.01. The summed E-state index contributed by atoms with van der Waals surface area (Å²) in [5, 5.41) is 3.45. The molecule has 0 heterocycles. The topological polar surface area (TPSA) is 29.1 Å². The third-order valence-corrected chi connectivity index (χ3v) is 2.71. The zero-order valence-electron chi connectivity index (χ0n) is 8.52. The Hall–Kier alpha value is -0.730. The van der Waals surface area contributed by atoms with Gasteiger partial charge in [-0.2, -0.15) is 0 Å². The fourth-order valence-electron chi connectivity index (χ4n) is 1.16. The summed E-state index contributed by atoms with van der Waals surface area (Å²) in [6.45, 7) is 2.47. The van der Waals surface area contributed by atoms with Crippen LogP contribution in [0.1, 0.15) is 22.3 Å². The zero-order chi connectivity index (χ0) is 11.3. The summed E-state index contributed by atoms with van der Waals surface area (Å²) in [5.41, 5.74) is 1.54. The largest absolute Gasteiger partial charge is 0.352 e. The molecule has 1 aromatic rings. The molecule has 0 aromatic heterocycles. The summed E-state index contributed by atoms with van der Waals surface area (Å²) in [6.07, 6.45) is 0.778. The van der Waals surface area contributed by atoms with Crippen molar-refractivity contribution >= 4 is 29.1 Å². The van der Waals surface area contributed by atoms with Crippen molar-refractivity contribution < 1.29 is 4.79 Å². The molecule has 82 valence electrons. The molecule has 0 fully saturated rings. The smallest absolute Gasteiger partial charge is 0.251 e. The highest BCUT2D eigenvalue weighted by Crippen LogP contribution is 2.16. The quantitative estimate of drug-likeness (QED) is 0.642. The van der Waals surface area contributed by atoms with Crippen LogP contribution in [0.5, 0.6) is 0 Å². The number of hydrogen-bond donors (Lipinski definition) is 1. The number of hydrogen-bond acceptors (Lipinski definition) is 1. The highest BCUT2D eigenvalue weighted by Gasteiger charge is 2.05. The van der Waals surface area contributed by atoms with Crippen LogP contribution in [0.25, 0.3) is 0 Å². The normalized spacial score (nSPS) is 10.1. The first-order valence-electron chi connectivity index (χ1n) is 4.75. The second kappa shape index (κ2) is 5.99. The van der Waals surface area contributed by atoms with E-state index < -0.39 is 0 Å². The fraction of sp³-hybridized carbons (Fsp3) is 0.364. The van der Waals surface area contributed by atoms with Crippen LogP contribution in [-0.2, 0) is 0 Å². The lowest BCUT2D eigenvalue weighted by Crippen LogP contribution is -2.24. The van der Waals surface area contributed by atoms with Crippen LogP contribution < -0.4 is 5.32 Å². The third-order valence-electron chi connectivity index (χ3n) is 2.02. The average Bonchev–Trinajstić information content (AvgIpc) is 2.22. The van der Waals surface area contributed by atoms with Crippen molar-refractivity contribution in [3.05, 3.63) is 34.3 Å². The summed E-state index contributed by atoms with van der Waals surface area (Å²) in [5.74, 6) is 0.472. The molecule has 0 bridgehead atoms. The maximum absolute atomic E-state index is 11.6. The lowest BCUT2D eigenvalue weighted by atomic mass is 10.1. The van der Waals surface area contributed by atoms with E-state index in [4.69, 9.17) is 23.2 Å². The molecule has 0 aliphatic rings. The van der Waals surface area contributed by atoms with Crippen molar-refractivity contribution in [2.24, 2.45) is 0 Å². The van der Waals surface area contributed by atoms with Gasteiger partial charge in [-0.05, 0) is 37.1 Å². The highest BCUT2D eigenvalue weighted by atomic mass is 35.5. The average molecular weight is 246 g/mol. The fourth-order valence-corrected chi connectivity index (χ4v) is 1.41. The molecule has 0 spiro atoms. The molecule has 0 saturated carbocycles. The first-order valence-corrected chi connectivity index (χ1v) is 5.66. The monoisotopic (exact) mass is 245 g/mol. The van der Waals surface area contributed by atoms with Gasteiger partial charge in [0.15, 0.2) is 0 Å². The summed E-state index contributed by atoms with van der Waals surface area (Å²) >= 11 is 11.4. The lowest BCUT2D eigenvalue weighted by Gasteiger charge is -2.05. The van der Waals surface area contributed by atoms with Gasteiger partial charge in [0.2, 0.25) is 0 Å². The Bertz CT molecular complexity index is 352. The van der Waals surface area contributed by atoms with E-state index in [9.17, 15) is 4.79 Å². The van der Waals surface area contributed by atoms with Gasteiger partial charge in [0.05, 0.1) is 0 Å². The van der Waals surface area contributed by atoms with Crippen LogP contribution in [0, 0.1) is 6.92 Å². The zero-order valence-corrected chi connectivity index (χ0v) is 10.0. The standard InChI is InChI=1S/C11H13Cl2NO/c1-8-7-9(3-4-10(8)13)11(15)14-6-2-5-12/h3-4,7H,2,5-6H2,1H3,(H,14,15). The van der Waals surface area contributed by atoms with Crippen molar-refractivity contribution in [1.82, 2.24) is 5.32 Å². The molecule has 1 amide bonds. The number of carbonyl (C=O) groups is 1. The van der Waals surface area contributed by atoms with Crippen molar-refractivity contribution in [3.63, 3.8) is 0 Å². The van der Waals surface area contributed by atoms with Crippen LogP contribution in [0.4, 0.5) is 0 Å². The van der Waals surface area contributed by atoms with Gasteiger partial charge < -0.3 is 5.32 Å². The van der Waals surface area contributed by atoms with E-state index >= 15 is 0 Å². The molecule has 1 N–H and O–H groups in total. The van der Waals surface area contributed by atoms with Crippen molar-refractivity contribution in [3.8, 4) is 0 Å². The summed E-state index contributed by atoms with van der Waals surface area (Å²) in [6, 6.07) is 5.22. The first kappa shape index (κ1) is 12.3. The number of halogens is 2. The number of nitrogens with one attached hydrogen (secondary N) is 1. The Morgan fingerprint density at radius 1 is 1.47 bits per heavy atom. The Labute approximate surface area is 99.6 Å². The Balaban J connectivity index is 2.62. The van der Waals surface area contributed by atoms with Gasteiger partial charge in [0.1, 0.15) is 0 Å². The number of aryl methyl sites for hydroxylation is 1. The third kappa shape index (κ3) is 3.73. The molecule has 0 radical (unpaired) electrons. The molecular formula is C11H13Cl2NO. The highest BCUT2D eigenvalue weighted by molar-refractivity contribution is 6.31. The number of alkyl halides is 1.